The zero-order valence-corrected chi connectivity index (χ0v) is 19.7. The lowest BCUT2D eigenvalue weighted by molar-refractivity contribution is 0.0258. The molecule has 2 N–H and O–H groups in total. The molecule has 0 aliphatic rings. The molecule has 0 spiro atoms. The summed E-state index contributed by atoms with van der Waals surface area (Å²) >= 11 is 0. The van der Waals surface area contributed by atoms with E-state index < -0.39 is 0 Å². The quantitative estimate of drug-likeness (QED) is 0.317. The van der Waals surface area contributed by atoms with Gasteiger partial charge in [-0.25, -0.2) is 9.98 Å². The van der Waals surface area contributed by atoms with E-state index in [0.29, 0.717) is 18.4 Å². The molecule has 1 unspecified atom stereocenters. The smallest absolute Gasteiger partial charge is 0.216 e. The standard InChI is InChI=1S/C19H36N4O2.HI/c1-8-20-18(21-11-10-15(14(3)4)24-9-2)23-13-17-22-12-16(25-17)19(5,6)7;/h12,14-15H,8-11,13H2,1-7H3,(H2,20,21,23);1H. The molecular formula is C19H37IN4O2. The van der Waals surface area contributed by atoms with Gasteiger partial charge in [0.15, 0.2) is 5.96 Å². The van der Waals surface area contributed by atoms with Crippen molar-refractivity contribution < 1.29 is 9.15 Å². The number of halogens is 1. The van der Waals surface area contributed by atoms with Crippen LogP contribution in [0.3, 0.4) is 0 Å². The van der Waals surface area contributed by atoms with Crippen molar-refractivity contribution in [3.63, 3.8) is 0 Å². The topological polar surface area (TPSA) is 71.7 Å². The van der Waals surface area contributed by atoms with Crippen LogP contribution in [0.5, 0.6) is 0 Å². The van der Waals surface area contributed by atoms with Crippen molar-refractivity contribution in [3.8, 4) is 0 Å². The molecule has 0 saturated heterocycles. The van der Waals surface area contributed by atoms with E-state index in [1.54, 1.807) is 6.20 Å². The van der Waals surface area contributed by atoms with E-state index in [1.165, 1.54) is 0 Å². The van der Waals surface area contributed by atoms with Gasteiger partial charge in [-0.1, -0.05) is 34.6 Å². The molecule has 0 fully saturated rings. The van der Waals surface area contributed by atoms with Crippen LogP contribution in [0.15, 0.2) is 15.6 Å². The molecule has 0 radical (unpaired) electrons. The highest BCUT2D eigenvalue weighted by molar-refractivity contribution is 14.0. The van der Waals surface area contributed by atoms with Crippen LogP contribution in [0.1, 0.15) is 66.5 Å². The summed E-state index contributed by atoms with van der Waals surface area (Å²) in [6, 6.07) is 0. The third-order valence-electron chi connectivity index (χ3n) is 3.86. The maximum Gasteiger partial charge on any atom is 0.216 e. The van der Waals surface area contributed by atoms with E-state index >= 15 is 0 Å². The number of nitrogens with one attached hydrogen (secondary N) is 2. The van der Waals surface area contributed by atoms with E-state index in [0.717, 1.165) is 37.8 Å². The molecule has 1 rings (SSSR count). The first-order chi connectivity index (χ1) is 11.8. The summed E-state index contributed by atoms with van der Waals surface area (Å²) in [7, 11) is 0. The molecule has 0 bridgehead atoms. The van der Waals surface area contributed by atoms with Gasteiger partial charge >= 0.3 is 0 Å². The monoisotopic (exact) mass is 480 g/mol. The summed E-state index contributed by atoms with van der Waals surface area (Å²) in [4.78, 5) is 8.89. The first-order valence-electron chi connectivity index (χ1n) is 9.36. The Labute approximate surface area is 176 Å². The highest BCUT2D eigenvalue weighted by Crippen LogP contribution is 2.22. The third kappa shape index (κ3) is 9.21. The van der Waals surface area contributed by atoms with Crippen LogP contribution >= 0.6 is 24.0 Å². The summed E-state index contributed by atoms with van der Waals surface area (Å²) in [5, 5.41) is 6.61. The van der Waals surface area contributed by atoms with Gasteiger partial charge in [-0.3, -0.25) is 0 Å². The lowest BCUT2D eigenvalue weighted by Crippen LogP contribution is -2.39. The highest BCUT2D eigenvalue weighted by Gasteiger charge is 2.19. The van der Waals surface area contributed by atoms with Gasteiger partial charge in [-0.15, -0.1) is 24.0 Å². The van der Waals surface area contributed by atoms with E-state index in [4.69, 9.17) is 9.15 Å². The number of hydrogen-bond donors (Lipinski definition) is 2. The summed E-state index contributed by atoms with van der Waals surface area (Å²) in [5.41, 5.74) is -0.0388. The zero-order valence-electron chi connectivity index (χ0n) is 17.4. The minimum absolute atomic E-state index is 0. The molecule has 1 aromatic heterocycles. The van der Waals surface area contributed by atoms with Crippen molar-refractivity contribution in [2.24, 2.45) is 10.9 Å². The van der Waals surface area contributed by atoms with E-state index in [-0.39, 0.29) is 35.5 Å². The largest absolute Gasteiger partial charge is 0.443 e. The molecular weight excluding hydrogens is 443 g/mol. The lowest BCUT2D eigenvalue weighted by Gasteiger charge is -2.21. The first-order valence-corrected chi connectivity index (χ1v) is 9.36. The number of rotatable bonds is 9. The Bertz CT molecular complexity index is 524. The van der Waals surface area contributed by atoms with E-state index in [2.05, 4.69) is 62.2 Å². The first kappa shape index (κ1) is 25.2. The normalized spacial score (nSPS) is 13.5. The van der Waals surface area contributed by atoms with Gasteiger partial charge in [-0.05, 0) is 26.2 Å². The fourth-order valence-corrected chi connectivity index (χ4v) is 2.37. The van der Waals surface area contributed by atoms with Crippen LogP contribution in [-0.4, -0.2) is 36.7 Å². The van der Waals surface area contributed by atoms with Crippen LogP contribution < -0.4 is 10.6 Å². The van der Waals surface area contributed by atoms with Gasteiger partial charge in [0.1, 0.15) is 12.3 Å². The SMILES string of the molecule is CCNC(=NCc1ncc(C(C)(C)C)o1)NCCC(OCC)C(C)C.I. The Hall–Kier alpha value is -0.830. The Morgan fingerprint density at radius 3 is 2.46 bits per heavy atom. The van der Waals surface area contributed by atoms with Crippen molar-refractivity contribution in [3.05, 3.63) is 17.8 Å². The molecule has 6 nitrogen and oxygen atoms in total. The molecule has 152 valence electrons. The zero-order chi connectivity index (χ0) is 18.9. The van der Waals surface area contributed by atoms with Gasteiger partial charge in [-0.2, -0.15) is 0 Å². The van der Waals surface area contributed by atoms with Crippen molar-refractivity contribution in [1.82, 2.24) is 15.6 Å². The third-order valence-corrected chi connectivity index (χ3v) is 3.86. The number of guanidine groups is 1. The molecule has 26 heavy (non-hydrogen) atoms. The Morgan fingerprint density at radius 2 is 1.96 bits per heavy atom. The minimum atomic E-state index is -0.0388. The van der Waals surface area contributed by atoms with Gasteiger partial charge in [0, 0.05) is 25.1 Å². The van der Waals surface area contributed by atoms with Crippen molar-refractivity contribution >= 4 is 29.9 Å². The van der Waals surface area contributed by atoms with Crippen LogP contribution in [-0.2, 0) is 16.7 Å². The minimum Gasteiger partial charge on any atom is -0.443 e. The van der Waals surface area contributed by atoms with Crippen LogP contribution in [0.25, 0.3) is 0 Å². The van der Waals surface area contributed by atoms with E-state index in [9.17, 15) is 0 Å². The molecule has 0 aromatic carbocycles. The number of oxazole rings is 1. The second-order valence-corrected chi connectivity index (χ2v) is 7.52. The Morgan fingerprint density at radius 1 is 1.27 bits per heavy atom. The van der Waals surface area contributed by atoms with Crippen molar-refractivity contribution in [2.75, 3.05) is 19.7 Å². The predicted octanol–water partition coefficient (Wildman–Crippen LogP) is 4.10. The molecule has 7 heteroatoms. The lowest BCUT2D eigenvalue weighted by atomic mass is 9.94. The predicted molar refractivity (Wildman–Crippen MR) is 118 cm³/mol. The average Bonchev–Trinajstić information content (AvgIpc) is 3.00. The Kier molecular flexibility index (Phi) is 12.1. The summed E-state index contributed by atoms with van der Waals surface area (Å²) < 4.78 is 11.6. The van der Waals surface area contributed by atoms with Gasteiger partial charge in [0.25, 0.3) is 0 Å². The molecule has 1 aromatic rings. The summed E-state index contributed by atoms with van der Waals surface area (Å²) in [5.74, 6) is 2.80. The van der Waals surface area contributed by atoms with Gasteiger partial charge in [0.2, 0.25) is 5.89 Å². The number of aromatic nitrogens is 1. The average molecular weight is 480 g/mol. The van der Waals surface area contributed by atoms with Crippen LogP contribution in [0.2, 0.25) is 0 Å². The summed E-state index contributed by atoms with van der Waals surface area (Å²) in [6.45, 7) is 17.6. The molecule has 0 aliphatic carbocycles. The number of nitrogens with zero attached hydrogens (tertiary/aromatic N) is 2. The Balaban J connectivity index is 0.00000625. The fraction of sp³-hybridized carbons (Fsp3) is 0.789. The maximum atomic E-state index is 5.79. The van der Waals surface area contributed by atoms with Gasteiger partial charge in [0.05, 0.1) is 12.3 Å². The number of aliphatic imine (C=N–C) groups is 1. The second kappa shape index (κ2) is 12.5. The second-order valence-electron chi connectivity index (χ2n) is 7.52. The number of ether oxygens (including phenoxy) is 1. The molecule has 1 atom stereocenters. The number of hydrogen-bond acceptors (Lipinski definition) is 4. The van der Waals surface area contributed by atoms with Crippen LogP contribution in [0.4, 0.5) is 0 Å². The molecule has 0 amide bonds. The van der Waals surface area contributed by atoms with Crippen molar-refractivity contribution in [1.29, 1.82) is 0 Å². The highest BCUT2D eigenvalue weighted by atomic mass is 127. The van der Waals surface area contributed by atoms with Gasteiger partial charge < -0.3 is 19.8 Å². The molecule has 0 saturated carbocycles. The summed E-state index contributed by atoms with van der Waals surface area (Å²) in [6.07, 6.45) is 3.00. The fourth-order valence-electron chi connectivity index (χ4n) is 2.37. The molecule has 1 heterocycles. The maximum absolute atomic E-state index is 5.79. The van der Waals surface area contributed by atoms with Crippen LogP contribution in [0, 0.1) is 5.92 Å². The van der Waals surface area contributed by atoms with Crippen molar-refractivity contribution in [2.45, 2.75) is 73.0 Å². The molecule has 0 aliphatic heterocycles. The van der Waals surface area contributed by atoms with E-state index in [1.807, 2.05) is 6.92 Å².